The molecule has 2 aliphatic heterocycles. The van der Waals surface area contributed by atoms with Crippen LogP contribution in [-0.2, 0) is 26.2 Å². The van der Waals surface area contributed by atoms with E-state index in [0.29, 0.717) is 36.1 Å². The largest absolute Gasteiger partial charge is 0.374 e. The summed E-state index contributed by atoms with van der Waals surface area (Å²) >= 11 is 0. The van der Waals surface area contributed by atoms with Gasteiger partial charge in [-0.15, -0.1) is 10.2 Å². The van der Waals surface area contributed by atoms with E-state index in [9.17, 15) is 18.0 Å². The van der Waals surface area contributed by atoms with Gasteiger partial charge in [-0.25, -0.2) is 18.1 Å². The number of amides is 2. The van der Waals surface area contributed by atoms with Crippen molar-refractivity contribution in [3.8, 4) is 0 Å². The molecule has 5 N–H and O–H groups in total. The smallest absolute Gasteiger partial charge is 0.249 e. The number of carbonyl (C=O) groups excluding carboxylic acids is 2. The van der Waals surface area contributed by atoms with Gasteiger partial charge in [-0.1, -0.05) is 18.2 Å². The lowest BCUT2D eigenvalue weighted by molar-refractivity contribution is -0.133. The third-order valence-electron chi connectivity index (χ3n) is 8.32. The number of piperazine rings is 1. The molecule has 2 saturated heterocycles. The zero-order chi connectivity index (χ0) is 36.2. The minimum Gasteiger partial charge on any atom is -0.374 e. The van der Waals surface area contributed by atoms with Crippen molar-refractivity contribution in [3.05, 3.63) is 78.0 Å². The zero-order valence-electron chi connectivity index (χ0n) is 29.1. The van der Waals surface area contributed by atoms with E-state index in [1.165, 1.54) is 0 Å². The van der Waals surface area contributed by atoms with Crippen molar-refractivity contribution in [1.29, 1.82) is 0 Å². The summed E-state index contributed by atoms with van der Waals surface area (Å²) in [6.07, 6.45) is 2.49. The second-order valence-corrected chi connectivity index (χ2v) is 15.4. The van der Waals surface area contributed by atoms with Crippen LogP contribution >= 0.6 is 0 Å². The number of nitrogens with zero attached hydrogens (tertiary/aromatic N) is 6. The maximum atomic E-state index is 12.8. The molecule has 0 aliphatic carbocycles. The number of aromatic nitrogens is 4. The quantitative estimate of drug-likeness (QED) is 0.142. The van der Waals surface area contributed by atoms with E-state index in [-0.39, 0.29) is 16.7 Å². The predicted molar refractivity (Wildman–Crippen MR) is 196 cm³/mol. The maximum Gasteiger partial charge on any atom is 0.249 e. The summed E-state index contributed by atoms with van der Waals surface area (Å²) < 4.78 is 28.4. The van der Waals surface area contributed by atoms with Gasteiger partial charge in [-0.2, -0.15) is 4.98 Å². The Morgan fingerprint density at radius 2 is 1.69 bits per heavy atom. The van der Waals surface area contributed by atoms with Crippen LogP contribution in [0.5, 0.6) is 0 Å². The average molecular weight is 714 g/mol. The Morgan fingerprint density at radius 3 is 2.41 bits per heavy atom. The molecule has 15 nitrogen and oxygen atoms in total. The standard InChI is InChI=1S/C35H43N11O4S/c1-23-21-36-34(41-32(23)38-26-9-6-10-27(20-26)51(49,50)44-35(2,3)4)39-29-12-13-30(43-42-29)46-17-15-45(16-18-46)22-24-7-5-8-25(19-24)37-28-11-14-31(47)40-33(28)48/h5-10,12-13,19-21,28,37,44H,11,14-18,22H2,1-4H3,(H,40,47,48)(H2,36,38,39,41,42). The van der Waals surface area contributed by atoms with Gasteiger partial charge < -0.3 is 20.9 Å². The van der Waals surface area contributed by atoms with E-state index in [1.807, 2.05) is 31.2 Å². The van der Waals surface area contributed by atoms with Gasteiger partial charge >= 0.3 is 0 Å². The first-order valence-electron chi connectivity index (χ1n) is 16.8. The third-order valence-corrected chi connectivity index (χ3v) is 10.1. The SMILES string of the molecule is Cc1cnc(Nc2ccc(N3CCN(Cc4cccc(NC5CCC(=O)NC5=O)c4)CC3)nn2)nc1Nc1cccc(S(=O)(=O)NC(C)(C)C)c1. The molecule has 16 heteroatoms. The first kappa shape index (κ1) is 35.6. The maximum absolute atomic E-state index is 12.8. The molecule has 0 radical (unpaired) electrons. The van der Waals surface area contributed by atoms with E-state index in [2.05, 4.69) is 68.1 Å². The molecule has 4 heterocycles. The van der Waals surface area contributed by atoms with Crippen molar-refractivity contribution in [3.63, 3.8) is 0 Å². The van der Waals surface area contributed by atoms with Crippen molar-refractivity contribution in [1.82, 2.24) is 35.1 Å². The second-order valence-electron chi connectivity index (χ2n) is 13.7. The molecule has 1 atom stereocenters. The first-order valence-corrected chi connectivity index (χ1v) is 18.3. The van der Waals surface area contributed by atoms with Crippen LogP contribution in [-0.4, -0.2) is 83.1 Å². The van der Waals surface area contributed by atoms with Crippen LogP contribution in [0.15, 0.2) is 71.8 Å². The van der Waals surface area contributed by atoms with Gasteiger partial charge in [0.1, 0.15) is 11.9 Å². The highest BCUT2D eigenvalue weighted by Crippen LogP contribution is 2.24. The van der Waals surface area contributed by atoms with E-state index < -0.39 is 21.6 Å². The summed E-state index contributed by atoms with van der Waals surface area (Å²) in [7, 11) is -3.70. The number of anilines is 6. The van der Waals surface area contributed by atoms with Crippen molar-refractivity contribution in [2.24, 2.45) is 0 Å². The fraction of sp³-hybridized carbons (Fsp3) is 0.371. The van der Waals surface area contributed by atoms with Gasteiger partial charge in [0, 0.05) is 67.8 Å². The highest BCUT2D eigenvalue weighted by molar-refractivity contribution is 7.89. The number of imide groups is 1. The Morgan fingerprint density at radius 1 is 0.922 bits per heavy atom. The molecular formula is C35H43N11O4S. The first-order chi connectivity index (χ1) is 24.3. The number of nitrogens with one attached hydrogen (secondary N) is 5. The molecule has 6 rings (SSSR count). The van der Waals surface area contributed by atoms with E-state index in [4.69, 9.17) is 0 Å². The fourth-order valence-electron chi connectivity index (χ4n) is 5.83. The summed E-state index contributed by atoms with van der Waals surface area (Å²) in [6.45, 7) is 11.3. The van der Waals surface area contributed by atoms with Crippen LogP contribution in [0.4, 0.5) is 34.8 Å². The van der Waals surface area contributed by atoms with Crippen molar-refractivity contribution < 1.29 is 18.0 Å². The van der Waals surface area contributed by atoms with Crippen LogP contribution in [0.3, 0.4) is 0 Å². The number of piperidine rings is 1. The molecule has 2 fully saturated rings. The number of hydrogen-bond donors (Lipinski definition) is 5. The summed E-state index contributed by atoms with van der Waals surface area (Å²) in [5.41, 5.74) is 2.74. The molecule has 2 aliphatic rings. The second kappa shape index (κ2) is 15.0. The highest BCUT2D eigenvalue weighted by Gasteiger charge is 2.27. The normalized spacial score (nSPS) is 17.2. The molecule has 2 aromatic carbocycles. The van der Waals surface area contributed by atoms with Crippen molar-refractivity contribution in [2.75, 3.05) is 47.0 Å². The van der Waals surface area contributed by atoms with Gasteiger partial charge in [0.15, 0.2) is 11.6 Å². The predicted octanol–water partition coefficient (Wildman–Crippen LogP) is 3.68. The molecule has 0 bridgehead atoms. The minimum atomic E-state index is -3.70. The lowest BCUT2D eigenvalue weighted by atomic mass is 10.1. The van der Waals surface area contributed by atoms with Crippen molar-refractivity contribution in [2.45, 2.75) is 63.6 Å². The Kier molecular flexibility index (Phi) is 10.5. The Labute approximate surface area is 297 Å². The molecule has 0 saturated carbocycles. The molecule has 0 spiro atoms. The topological polar surface area (TPSA) is 186 Å². The van der Waals surface area contributed by atoms with E-state index >= 15 is 0 Å². The lowest BCUT2D eigenvalue weighted by Crippen LogP contribution is -2.47. The number of benzene rings is 2. The van der Waals surface area contributed by atoms with Gasteiger partial charge in [-0.05, 0) is 82.1 Å². The summed E-state index contributed by atoms with van der Waals surface area (Å²) in [4.78, 5) is 37.3. The summed E-state index contributed by atoms with van der Waals surface area (Å²) in [6, 6.07) is 17.9. The number of sulfonamides is 1. The molecular weight excluding hydrogens is 671 g/mol. The van der Waals surface area contributed by atoms with Crippen LogP contribution in [0, 0.1) is 6.92 Å². The summed E-state index contributed by atoms with van der Waals surface area (Å²) in [5, 5.41) is 20.8. The van der Waals surface area contributed by atoms with Crippen LogP contribution < -0.4 is 30.9 Å². The van der Waals surface area contributed by atoms with Crippen LogP contribution in [0.1, 0.15) is 44.7 Å². The third kappa shape index (κ3) is 9.53. The zero-order valence-corrected chi connectivity index (χ0v) is 29.9. The van der Waals surface area contributed by atoms with Crippen molar-refractivity contribution >= 4 is 56.6 Å². The van der Waals surface area contributed by atoms with Crippen LogP contribution in [0.2, 0.25) is 0 Å². The number of hydrogen-bond acceptors (Lipinski definition) is 13. The molecule has 4 aromatic rings. The molecule has 2 amide bonds. The van der Waals surface area contributed by atoms with Gasteiger partial charge in [0.25, 0.3) is 0 Å². The lowest BCUT2D eigenvalue weighted by Gasteiger charge is -2.35. The minimum absolute atomic E-state index is 0.149. The summed E-state index contributed by atoms with van der Waals surface area (Å²) in [5.74, 6) is 1.59. The average Bonchev–Trinajstić information content (AvgIpc) is 3.08. The highest BCUT2D eigenvalue weighted by atomic mass is 32.2. The molecule has 268 valence electrons. The van der Waals surface area contributed by atoms with Gasteiger partial charge in [-0.3, -0.25) is 19.8 Å². The van der Waals surface area contributed by atoms with Crippen LogP contribution in [0.25, 0.3) is 0 Å². The van der Waals surface area contributed by atoms with E-state index in [1.54, 1.807) is 51.2 Å². The number of aryl methyl sites for hydroxylation is 1. The Hall–Kier alpha value is -5.19. The van der Waals surface area contributed by atoms with E-state index in [0.717, 1.165) is 55.4 Å². The van der Waals surface area contributed by atoms with Gasteiger partial charge in [0.05, 0.1) is 4.90 Å². The Balaban J connectivity index is 1.01. The molecule has 2 aromatic heterocycles. The number of rotatable bonds is 11. The molecule has 1 unspecified atom stereocenters. The molecule has 51 heavy (non-hydrogen) atoms. The number of carbonyl (C=O) groups is 2. The van der Waals surface area contributed by atoms with Gasteiger partial charge in [0.2, 0.25) is 27.8 Å². The fourth-order valence-corrected chi connectivity index (χ4v) is 7.29. The Bertz CT molecular complexity index is 1990. The monoisotopic (exact) mass is 713 g/mol.